The lowest BCUT2D eigenvalue weighted by Gasteiger charge is -2.06. The maximum Gasteiger partial charge on any atom is 0.170 e. The summed E-state index contributed by atoms with van der Waals surface area (Å²) >= 11 is 12.2. The van der Waals surface area contributed by atoms with Crippen molar-refractivity contribution in [2.45, 2.75) is 6.42 Å². The number of ketones is 1. The SMILES string of the molecule is O=C(Cc1cccc(Br)c1)c1ccc(Br)c(Cl)c1F. The van der Waals surface area contributed by atoms with E-state index in [1.165, 1.54) is 6.07 Å². The summed E-state index contributed by atoms with van der Waals surface area (Å²) in [4.78, 5) is 12.1. The Labute approximate surface area is 132 Å². The third-order valence-corrected chi connectivity index (χ3v) is 4.34. The molecule has 0 N–H and O–H groups in total. The van der Waals surface area contributed by atoms with Gasteiger partial charge in [-0.1, -0.05) is 39.7 Å². The number of benzene rings is 2. The zero-order valence-corrected chi connectivity index (χ0v) is 13.5. The van der Waals surface area contributed by atoms with E-state index >= 15 is 0 Å². The molecule has 0 bridgehead atoms. The number of halogens is 4. The van der Waals surface area contributed by atoms with E-state index < -0.39 is 5.82 Å². The molecule has 5 heteroatoms. The summed E-state index contributed by atoms with van der Waals surface area (Å²) in [7, 11) is 0. The molecule has 0 aromatic heterocycles. The van der Waals surface area contributed by atoms with Gasteiger partial charge < -0.3 is 0 Å². The maximum absolute atomic E-state index is 13.9. The van der Waals surface area contributed by atoms with Gasteiger partial charge in [0.2, 0.25) is 0 Å². The summed E-state index contributed by atoms with van der Waals surface area (Å²) in [6.45, 7) is 0. The molecular formula is C14H8Br2ClFO. The lowest BCUT2D eigenvalue weighted by atomic mass is 10.0. The smallest absolute Gasteiger partial charge is 0.170 e. The first kappa shape index (κ1) is 14.7. The molecule has 0 fully saturated rings. The Morgan fingerprint density at radius 3 is 2.63 bits per heavy atom. The van der Waals surface area contributed by atoms with E-state index in [2.05, 4.69) is 31.9 Å². The van der Waals surface area contributed by atoms with Crippen molar-refractivity contribution in [1.82, 2.24) is 0 Å². The molecule has 1 nitrogen and oxygen atoms in total. The highest BCUT2D eigenvalue weighted by molar-refractivity contribution is 9.10. The van der Waals surface area contributed by atoms with Crippen LogP contribution in [-0.4, -0.2) is 5.78 Å². The minimum absolute atomic E-state index is 0.00757. The molecule has 0 aliphatic carbocycles. The quantitative estimate of drug-likeness (QED) is 0.491. The van der Waals surface area contributed by atoms with Crippen LogP contribution in [0.5, 0.6) is 0 Å². The number of hydrogen-bond donors (Lipinski definition) is 0. The number of hydrogen-bond acceptors (Lipinski definition) is 1. The lowest BCUT2D eigenvalue weighted by molar-refractivity contribution is 0.0989. The van der Waals surface area contributed by atoms with Gasteiger partial charge in [-0.15, -0.1) is 0 Å². The van der Waals surface area contributed by atoms with Crippen LogP contribution in [0.4, 0.5) is 4.39 Å². The van der Waals surface area contributed by atoms with Crippen LogP contribution in [0.25, 0.3) is 0 Å². The van der Waals surface area contributed by atoms with Gasteiger partial charge in [0, 0.05) is 15.4 Å². The van der Waals surface area contributed by atoms with E-state index in [4.69, 9.17) is 11.6 Å². The Hall–Kier alpha value is -0.710. The Kier molecular flexibility index (Phi) is 4.76. The molecule has 0 spiro atoms. The lowest BCUT2D eigenvalue weighted by Crippen LogP contribution is -2.06. The molecule has 2 rings (SSSR count). The molecule has 98 valence electrons. The van der Waals surface area contributed by atoms with Gasteiger partial charge in [-0.25, -0.2) is 4.39 Å². The van der Waals surface area contributed by atoms with E-state index in [-0.39, 0.29) is 22.8 Å². The van der Waals surface area contributed by atoms with Gasteiger partial charge in [0.05, 0.1) is 10.6 Å². The summed E-state index contributed by atoms with van der Waals surface area (Å²) in [5.41, 5.74) is 0.825. The zero-order valence-electron chi connectivity index (χ0n) is 9.59. The second kappa shape index (κ2) is 6.16. The van der Waals surface area contributed by atoms with Crippen LogP contribution in [0.15, 0.2) is 45.3 Å². The first-order valence-corrected chi connectivity index (χ1v) is 7.36. The van der Waals surface area contributed by atoms with Crippen LogP contribution in [0.2, 0.25) is 5.02 Å². The normalized spacial score (nSPS) is 10.5. The van der Waals surface area contributed by atoms with E-state index in [1.54, 1.807) is 6.07 Å². The zero-order chi connectivity index (χ0) is 14.0. The fraction of sp³-hybridized carbons (Fsp3) is 0.0714. The van der Waals surface area contributed by atoms with E-state index in [0.717, 1.165) is 10.0 Å². The standard InChI is InChI=1S/C14H8Br2ClFO/c15-9-3-1-2-8(6-9)7-12(19)10-4-5-11(16)13(17)14(10)18/h1-6H,7H2. The summed E-state index contributed by atoms with van der Waals surface area (Å²) in [5.74, 6) is -0.985. The van der Waals surface area contributed by atoms with Gasteiger partial charge in [0.25, 0.3) is 0 Å². The number of Topliss-reactive ketones (excluding diaryl/α,β-unsaturated/α-hetero) is 1. The van der Waals surface area contributed by atoms with Crippen LogP contribution >= 0.6 is 43.5 Å². The molecular weight excluding hydrogens is 398 g/mol. The second-order valence-electron chi connectivity index (χ2n) is 3.95. The molecule has 0 saturated heterocycles. The van der Waals surface area contributed by atoms with Gasteiger partial charge in [0.1, 0.15) is 0 Å². The fourth-order valence-corrected chi connectivity index (χ4v) is 2.59. The van der Waals surface area contributed by atoms with E-state index in [1.807, 2.05) is 24.3 Å². The van der Waals surface area contributed by atoms with Crippen LogP contribution < -0.4 is 0 Å². The van der Waals surface area contributed by atoms with Crippen molar-refractivity contribution in [1.29, 1.82) is 0 Å². The highest BCUT2D eigenvalue weighted by Crippen LogP contribution is 2.28. The van der Waals surface area contributed by atoms with Gasteiger partial charge in [-0.2, -0.15) is 0 Å². The van der Waals surface area contributed by atoms with Crippen LogP contribution in [0, 0.1) is 5.82 Å². The number of carbonyl (C=O) groups excluding carboxylic acids is 1. The van der Waals surface area contributed by atoms with Gasteiger partial charge in [-0.05, 0) is 45.8 Å². The summed E-state index contributed by atoms with van der Waals surface area (Å²) < 4.78 is 15.2. The largest absolute Gasteiger partial charge is 0.294 e. The fourth-order valence-electron chi connectivity index (χ4n) is 1.67. The second-order valence-corrected chi connectivity index (χ2v) is 6.10. The van der Waals surface area contributed by atoms with E-state index in [9.17, 15) is 9.18 Å². The molecule has 0 amide bonds. The predicted molar refractivity (Wildman–Crippen MR) is 81.3 cm³/mol. The monoisotopic (exact) mass is 404 g/mol. The van der Waals surface area contributed by atoms with Crippen molar-refractivity contribution < 1.29 is 9.18 Å². The minimum atomic E-state index is -0.684. The molecule has 2 aromatic rings. The van der Waals surface area contributed by atoms with Crippen molar-refractivity contribution in [3.63, 3.8) is 0 Å². The topological polar surface area (TPSA) is 17.1 Å². The molecule has 19 heavy (non-hydrogen) atoms. The summed E-state index contributed by atoms with van der Waals surface area (Å²) in [5, 5.41) is -0.0694. The Morgan fingerprint density at radius 2 is 1.95 bits per heavy atom. The van der Waals surface area contributed by atoms with Crippen LogP contribution in [0.3, 0.4) is 0 Å². The molecule has 0 atom stereocenters. The molecule has 0 radical (unpaired) electrons. The molecule has 0 saturated carbocycles. The average Bonchev–Trinajstić information content (AvgIpc) is 2.36. The summed E-state index contributed by atoms with van der Waals surface area (Å²) in [6, 6.07) is 10.4. The minimum Gasteiger partial charge on any atom is -0.294 e. The molecule has 0 unspecified atom stereocenters. The molecule has 0 aliphatic rings. The summed E-state index contributed by atoms with van der Waals surface area (Å²) in [6.07, 6.45) is 0.133. The van der Waals surface area contributed by atoms with E-state index in [0.29, 0.717) is 4.47 Å². The van der Waals surface area contributed by atoms with Crippen LogP contribution in [0.1, 0.15) is 15.9 Å². The highest BCUT2D eigenvalue weighted by Gasteiger charge is 2.16. The van der Waals surface area contributed by atoms with Gasteiger partial charge >= 0.3 is 0 Å². The maximum atomic E-state index is 13.9. The van der Waals surface area contributed by atoms with Crippen molar-refractivity contribution >= 4 is 49.2 Å². The average molecular weight is 406 g/mol. The van der Waals surface area contributed by atoms with Crippen molar-refractivity contribution in [3.05, 3.63) is 67.3 Å². The Bertz CT molecular complexity index is 643. The molecule has 2 aromatic carbocycles. The number of carbonyl (C=O) groups is 1. The third kappa shape index (κ3) is 3.44. The predicted octanol–water partition coefficient (Wildman–Crippen LogP) is 5.43. The van der Waals surface area contributed by atoms with Gasteiger partial charge in [-0.3, -0.25) is 4.79 Å². The van der Waals surface area contributed by atoms with Crippen molar-refractivity contribution in [2.24, 2.45) is 0 Å². The highest BCUT2D eigenvalue weighted by atomic mass is 79.9. The molecule has 0 heterocycles. The van der Waals surface area contributed by atoms with Gasteiger partial charge in [0.15, 0.2) is 11.6 Å². The first-order chi connectivity index (χ1) is 8.99. The van der Waals surface area contributed by atoms with Crippen LogP contribution in [-0.2, 0) is 6.42 Å². The third-order valence-electron chi connectivity index (χ3n) is 2.59. The Morgan fingerprint density at radius 1 is 1.21 bits per heavy atom. The Balaban J connectivity index is 2.28. The van der Waals surface area contributed by atoms with Crippen molar-refractivity contribution in [3.8, 4) is 0 Å². The molecule has 0 aliphatic heterocycles. The number of rotatable bonds is 3. The van der Waals surface area contributed by atoms with Crippen molar-refractivity contribution in [2.75, 3.05) is 0 Å². The first-order valence-electron chi connectivity index (χ1n) is 5.40.